The highest BCUT2D eigenvalue weighted by Crippen LogP contribution is 2.26. The van der Waals surface area contributed by atoms with E-state index in [0.717, 1.165) is 0 Å². The number of carboxylic acid groups (broad SMARTS) is 1. The normalized spacial score (nSPS) is 12.2. The number of carbonyl (C=O) groups is 2. The molecular weight excluding hydrogens is 268 g/mol. The summed E-state index contributed by atoms with van der Waals surface area (Å²) in [6, 6.07) is 4.58. The third-order valence-electron chi connectivity index (χ3n) is 2.80. The summed E-state index contributed by atoms with van der Waals surface area (Å²) in [5.41, 5.74) is 5.93. The Labute approximate surface area is 116 Å². The van der Waals surface area contributed by atoms with Crippen LogP contribution in [0.4, 0.5) is 5.69 Å². The number of nitrogens with two attached hydrogens (primary N) is 1. The lowest BCUT2D eigenvalue weighted by molar-refractivity contribution is -0.137. The van der Waals surface area contributed by atoms with Gasteiger partial charge in [-0.3, -0.25) is 9.59 Å². The van der Waals surface area contributed by atoms with Crippen LogP contribution in [-0.2, 0) is 4.79 Å². The van der Waals surface area contributed by atoms with Crippen LogP contribution in [-0.4, -0.2) is 23.0 Å². The van der Waals surface area contributed by atoms with E-state index in [9.17, 15) is 9.59 Å². The molecule has 0 aliphatic rings. The Kier molecular flexibility index (Phi) is 5.18. The van der Waals surface area contributed by atoms with Crippen molar-refractivity contribution >= 4 is 29.2 Å². The van der Waals surface area contributed by atoms with Gasteiger partial charge in [-0.1, -0.05) is 31.5 Å². The van der Waals surface area contributed by atoms with Gasteiger partial charge in [0, 0.05) is 11.7 Å². The largest absolute Gasteiger partial charge is 0.481 e. The highest BCUT2D eigenvalue weighted by Gasteiger charge is 2.20. The van der Waals surface area contributed by atoms with Gasteiger partial charge in [-0.05, 0) is 18.1 Å². The lowest BCUT2D eigenvalue weighted by Crippen LogP contribution is -2.30. The van der Waals surface area contributed by atoms with Gasteiger partial charge in [-0.25, -0.2) is 0 Å². The van der Waals surface area contributed by atoms with Gasteiger partial charge in [0.25, 0.3) is 5.91 Å². The van der Waals surface area contributed by atoms with Crippen molar-refractivity contribution in [1.29, 1.82) is 0 Å². The number of anilines is 1. The van der Waals surface area contributed by atoms with Crippen LogP contribution >= 0.6 is 11.6 Å². The maximum absolute atomic E-state index is 11.4. The molecule has 0 aliphatic heterocycles. The van der Waals surface area contributed by atoms with E-state index in [4.69, 9.17) is 22.4 Å². The minimum atomic E-state index is -0.908. The lowest BCUT2D eigenvalue weighted by Gasteiger charge is -2.23. The number of carbonyl (C=O) groups excluding carboxylic acids is 1. The zero-order chi connectivity index (χ0) is 14.6. The van der Waals surface area contributed by atoms with Crippen LogP contribution in [0.5, 0.6) is 0 Å². The molecule has 0 aromatic heterocycles. The van der Waals surface area contributed by atoms with Crippen molar-refractivity contribution in [2.24, 2.45) is 11.7 Å². The first kappa shape index (κ1) is 15.3. The molecule has 1 amide bonds. The van der Waals surface area contributed by atoms with E-state index in [1.54, 1.807) is 18.2 Å². The maximum Gasteiger partial charge on any atom is 0.305 e. The molecule has 0 saturated carbocycles. The van der Waals surface area contributed by atoms with Crippen molar-refractivity contribution < 1.29 is 14.7 Å². The van der Waals surface area contributed by atoms with Crippen LogP contribution in [0.3, 0.4) is 0 Å². The van der Waals surface area contributed by atoms with E-state index in [-0.39, 0.29) is 29.0 Å². The van der Waals surface area contributed by atoms with Gasteiger partial charge >= 0.3 is 5.97 Å². The van der Waals surface area contributed by atoms with Crippen molar-refractivity contribution in [3.05, 3.63) is 28.8 Å². The van der Waals surface area contributed by atoms with E-state index >= 15 is 0 Å². The molecule has 4 N–H and O–H groups in total. The molecular formula is C13H17ClN2O3. The molecule has 0 aliphatic carbocycles. The number of hydrogen-bond donors (Lipinski definition) is 3. The fourth-order valence-electron chi connectivity index (χ4n) is 1.74. The maximum atomic E-state index is 11.4. The quantitative estimate of drug-likeness (QED) is 0.747. The predicted octanol–water partition coefficient (Wildman–Crippen LogP) is 2.35. The third kappa shape index (κ3) is 4.13. The molecule has 1 atom stereocenters. The van der Waals surface area contributed by atoms with Gasteiger partial charge < -0.3 is 16.2 Å². The number of halogens is 1. The summed E-state index contributed by atoms with van der Waals surface area (Å²) in [5.74, 6) is -1.48. The van der Waals surface area contributed by atoms with Crippen molar-refractivity contribution in [3.8, 4) is 0 Å². The minimum Gasteiger partial charge on any atom is -0.481 e. The molecule has 5 nitrogen and oxygen atoms in total. The van der Waals surface area contributed by atoms with Crippen molar-refractivity contribution in [3.63, 3.8) is 0 Å². The Bertz CT molecular complexity index is 489. The fourth-order valence-corrected chi connectivity index (χ4v) is 2.00. The van der Waals surface area contributed by atoms with Crippen LogP contribution in [0.25, 0.3) is 0 Å². The Morgan fingerprint density at radius 1 is 1.42 bits per heavy atom. The van der Waals surface area contributed by atoms with Crippen molar-refractivity contribution in [2.75, 3.05) is 5.32 Å². The highest BCUT2D eigenvalue weighted by molar-refractivity contribution is 6.34. The average molecular weight is 285 g/mol. The summed E-state index contributed by atoms with van der Waals surface area (Å²) in [6.07, 6.45) is -0.0532. The van der Waals surface area contributed by atoms with Crippen LogP contribution in [0.15, 0.2) is 18.2 Å². The van der Waals surface area contributed by atoms with E-state index < -0.39 is 11.9 Å². The summed E-state index contributed by atoms with van der Waals surface area (Å²) in [5, 5.41) is 12.2. The van der Waals surface area contributed by atoms with Crippen LogP contribution in [0.1, 0.15) is 30.6 Å². The first-order valence-corrected chi connectivity index (χ1v) is 6.27. The molecule has 0 saturated heterocycles. The minimum absolute atomic E-state index is 0.0532. The SMILES string of the molecule is CC(C)C(CC(=O)O)Nc1cccc(Cl)c1C(N)=O. The molecule has 6 heteroatoms. The fraction of sp³-hybridized carbons (Fsp3) is 0.385. The number of benzene rings is 1. The van der Waals surface area contributed by atoms with Gasteiger partial charge in [-0.2, -0.15) is 0 Å². The summed E-state index contributed by atoms with van der Waals surface area (Å²) in [7, 11) is 0. The zero-order valence-electron chi connectivity index (χ0n) is 10.8. The Morgan fingerprint density at radius 2 is 2.05 bits per heavy atom. The highest BCUT2D eigenvalue weighted by atomic mass is 35.5. The van der Waals surface area contributed by atoms with Gasteiger partial charge in [0.2, 0.25) is 0 Å². The molecule has 0 heterocycles. The lowest BCUT2D eigenvalue weighted by atomic mass is 10.00. The first-order valence-electron chi connectivity index (χ1n) is 5.89. The average Bonchev–Trinajstić information content (AvgIpc) is 2.26. The Hall–Kier alpha value is -1.75. The summed E-state index contributed by atoms with van der Waals surface area (Å²) >= 11 is 5.94. The number of hydrogen-bond acceptors (Lipinski definition) is 3. The molecule has 0 bridgehead atoms. The Balaban J connectivity index is 3.06. The van der Waals surface area contributed by atoms with Gasteiger partial charge in [-0.15, -0.1) is 0 Å². The second kappa shape index (κ2) is 6.43. The summed E-state index contributed by atoms with van der Waals surface area (Å²) in [6.45, 7) is 3.80. The number of carboxylic acids is 1. The standard InChI is InChI=1S/C13H17ClN2O3/c1-7(2)10(6-11(17)18)16-9-5-3-4-8(14)12(9)13(15)19/h3-5,7,10,16H,6H2,1-2H3,(H2,15,19)(H,17,18). The predicted molar refractivity (Wildman–Crippen MR) is 74.5 cm³/mol. The third-order valence-corrected chi connectivity index (χ3v) is 3.12. The zero-order valence-corrected chi connectivity index (χ0v) is 11.6. The van der Waals surface area contributed by atoms with Crippen LogP contribution in [0.2, 0.25) is 5.02 Å². The van der Waals surface area contributed by atoms with Crippen molar-refractivity contribution in [1.82, 2.24) is 0 Å². The van der Waals surface area contributed by atoms with Crippen LogP contribution < -0.4 is 11.1 Å². The molecule has 1 unspecified atom stereocenters. The van der Waals surface area contributed by atoms with Crippen molar-refractivity contribution in [2.45, 2.75) is 26.3 Å². The van der Waals surface area contributed by atoms with E-state index in [1.165, 1.54) is 0 Å². The molecule has 0 fully saturated rings. The monoisotopic (exact) mass is 284 g/mol. The van der Waals surface area contributed by atoms with E-state index in [1.807, 2.05) is 13.8 Å². The van der Waals surface area contributed by atoms with E-state index in [0.29, 0.717) is 5.69 Å². The summed E-state index contributed by atoms with van der Waals surface area (Å²) < 4.78 is 0. The van der Waals surface area contributed by atoms with E-state index in [2.05, 4.69) is 5.32 Å². The van der Waals surface area contributed by atoms with Gasteiger partial charge in [0.1, 0.15) is 0 Å². The second-order valence-corrected chi connectivity index (χ2v) is 5.03. The first-order chi connectivity index (χ1) is 8.82. The number of nitrogens with one attached hydrogen (secondary N) is 1. The molecule has 1 aromatic rings. The number of rotatable bonds is 6. The molecule has 0 spiro atoms. The number of amides is 1. The van der Waals surface area contributed by atoms with Crippen LogP contribution in [0, 0.1) is 5.92 Å². The smallest absolute Gasteiger partial charge is 0.305 e. The Morgan fingerprint density at radius 3 is 2.53 bits per heavy atom. The second-order valence-electron chi connectivity index (χ2n) is 4.62. The molecule has 104 valence electrons. The molecule has 0 radical (unpaired) electrons. The number of primary amides is 1. The molecule has 1 rings (SSSR count). The van der Waals surface area contributed by atoms with Gasteiger partial charge in [0.15, 0.2) is 0 Å². The molecule has 1 aromatic carbocycles. The number of aliphatic carboxylic acids is 1. The topological polar surface area (TPSA) is 92.4 Å². The molecule has 19 heavy (non-hydrogen) atoms. The summed E-state index contributed by atoms with van der Waals surface area (Å²) in [4.78, 5) is 22.2. The van der Waals surface area contributed by atoms with Gasteiger partial charge in [0.05, 0.1) is 17.0 Å².